The molecule has 83 valence electrons. The van der Waals surface area contributed by atoms with E-state index in [0.29, 0.717) is 0 Å². The normalized spacial score (nSPS) is 9.50. The maximum Gasteiger partial charge on any atom is 0.114 e. The molecule has 0 saturated carbocycles. The third-order valence-corrected chi connectivity index (χ3v) is 2.20. The Morgan fingerprint density at radius 2 is 1.88 bits per heavy atom. The van der Waals surface area contributed by atoms with Crippen LogP contribution in [0.25, 0.3) is 0 Å². The van der Waals surface area contributed by atoms with Crippen molar-refractivity contribution in [1.82, 2.24) is 4.98 Å². The molecule has 0 spiro atoms. The highest BCUT2D eigenvalue weighted by molar-refractivity contribution is 5.52. The lowest BCUT2D eigenvalue weighted by molar-refractivity contribution is 0.934. The second-order valence-electron chi connectivity index (χ2n) is 3.41. The Morgan fingerprint density at radius 1 is 1.19 bits per heavy atom. The molecule has 0 saturated heterocycles. The first-order valence-electron chi connectivity index (χ1n) is 5.26. The van der Waals surface area contributed by atoms with Crippen LogP contribution in [0.15, 0.2) is 50.2 Å². The quantitative estimate of drug-likeness (QED) is 0.647. The smallest absolute Gasteiger partial charge is 0.114 e. The van der Waals surface area contributed by atoms with Gasteiger partial charge in [0, 0.05) is 19.3 Å². The summed E-state index contributed by atoms with van der Waals surface area (Å²) in [4.78, 5) is 6.17. The van der Waals surface area contributed by atoms with Crippen LogP contribution in [-0.4, -0.2) is 18.1 Å². The highest BCUT2D eigenvalue weighted by Crippen LogP contribution is 2.19. The molecule has 2 nitrogen and oxygen atoms in total. The molecule has 0 aliphatic heterocycles. The first kappa shape index (κ1) is 12.2. The van der Waals surface area contributed by atoms with Gasteiger partial charge in [-0.1, -0.05) is 18.2 Å². The first-order chi connectivity index (χ1) is 7.83. The summed E-state index contributed by atoms with van der Waals surface area (Å²) in [5, 5.41) is 0. The third-order valence-electron chi connectivity index (χ3n) is 2.20. The molecule has 0 bridgehead atoms. The Kier molecular flexibility index (Phi) is 5.06. The van der Waals surface area contributed by atoms with Gasteiger partial charge in [0.05, 0.1) is 5.69 Å². The molecule has 1 rings (SSSR count). The topological polar surface area (TPSA) is 16.1 Å². The number of nitrogens with zero attached hydrogens (tertiary/aromatic N) is 2. The molecule has 1 radical (unpaired) electrons. The zero-order valence-corrected chi connectivity index (χ0v) is 9.52. The summed E-state index contributed by atoms with van der Waals surface area (Å²) in [6, 6.07) is 1.99. The van der Waals surface area contributed by atoms with Crippen molar-refractivity contribution in [2.75, 3.05) is 18.0 Å². The zero-order valence-electron chi connectivity index (χ0n) is 9.52. The van der Waals surface area contributed by atoms with Crippen LogP contribution in [0.4, 0.5) is 5.69 Å². The second kappa shape index (κ2) is 6.62. The Balaban J connectivity index is 3.00. The third kappa shape index (κ3) is 3.09. The molecule has 0 fully saturated rings. The van der Waals surface area contributed by atoms with E-state index in [1.54, 1.807) is 6.20 Å². The molecule has 1 aromatic rings. The average molecular weight is 213 g/mol. The van der Waals surface area contributed by atoms with Crippen molar-refractivity contribution in [3.63, 3.8) is 0 Å². The molecule has 0 aromatic carbocycles. The molecule has 1 heterocycles. The fourth-order valence-electron chi connectivity index (χ4n) is 1.54. The number of pyridine rings is 1. The fourth-order valence-corrected chi connectivity index (χ4v) is 1.54. The van der Waals surface area contributed by atoms with Crippen LogP contribution in [-0.2, 0) is 6.42 Å². The molecule has 0 unspecified atom stereocenters. The minimum absolute atomic E-state index is 0.762. The Labute approximate surface area is 97.6 Å². The number of hydrogen-bond donors (Lipinski definition) is 0. The lowest BCUT2D eigenvalue weighted by atomic mass is 10.1. The maximum atomic E-state index is 4.04. The van der Waals surface area contributed by atoms with Crippen LogP contribution < -0.4 is 4.90 Å². The Morgan fingerprint density at radius 3 is 2.44 bits per heavy atom. The van der Waals surface area contributed by atoms with Crippen LogP contribution in [0.3, 0.4) is 0 Å². The Bertz CT molecular complexity index is 359. The highest BCUT2D eigenvalue weighted by atomic mass is 15.1. The molecule has 2 heteroatoms. The standard InChI is InChI=1S/C14H17N2/c1-4-7-13-8-9-15-12-14(13)16(10-5-2)11-6-3/h4-6,8-9H,1-3,7,10-11H2. The number of rotatable bonds is 7. The maximum absolute atomic E-state index is 4.04. The molecule has 0 N–H and O–H groups in total. The van der Waals surface area contributed by atoms with E-state index in [-0.39, 0.29) is 0 Å². The molecule has 0 amide bonds. The van der Waals surface area contributed by atoms with Crippen LogP contribution in [0.5, 0.6) is 0 Å². The van der Waals surface area contributed by atoms with E-state index in [1.165, 1.54) is 5.56 Å². The summed E-state index contributed by atoms with van der Waals surface area (Å²) in [5.41, 5.74) is 2.18. The molecular weight excluding hydrogens is 196 g/mol. The minimum Gasteiger partial charge on any atom is -0.362 e. The van der Waals surface area contributed by atoms with Gasteiger partial charge >= 0.3 is 0 Å². The molecule has 0 atom stereocenters. The van der Waals surface area contributed by atoms with Gasteiger partial charge in [0.1, 0.15) is 6.20 Å². The van der Waals surface area contributed by atoms with Crippen molar-refractivity contribution >= 4 is 5.69 Å². The van der Waals surface area contributed by atoms with Crippen LogP contribution >= 0.6 is 0 Å². The van der Waals surface area contributed by atoms with Crippen molar-refractivity contribution in [2.45, 2.75) is 6.42 Å². The van der Waals surface area contributed by atoms with Crippen LogP contribution in [0.2, 0.25) is 0 Å². The summed E-state index contributed by atoms with van der Waals surface area (Å²) in [7, 11) is 0. The van der Waals surface area contributed by atoms with E-state index in [2.05, 4.69) is 35.8 Å². The molecule has 1 aromatic heterocycles. The van der Waals surface area contributed by atoms with E-state index in [1.807, 2.05) is 24.3 Å². The number of allylic oxidation sites excluding steroid dienone is 1. The minimum atomic E-state index is 0.762. The number of aromatic nitrogens is 1. The van der Waals surface area contributed by atoms with Gasteiger partial charge in [0.2, 0.25) is 0 Å². The fraction of sp³-hybridized carbons (Fsp3) is 0.214. The zero-order chi connectivity index (χ0) is 11.8. The second-order valence-corrected chi connectivity index (χ2v) is 3.41. The predicted molar refractivity (Wildman–Crippen MR) is 69.6 cm³/mol. The molecule has 0 aliphatic carbocycles. The lowest BCUT2D eigenvalue weighted by Gasteiger charge is -2.23. The molecule has 16 heavy (non-hydrogen) atoms. The van der Waals surface area contributed by atoms with Crippen molar-refractivity contribution < 1.29 is 0 Å². The Hall–Kier alpha value is -1.83. The summed E-state index contributed by atoms with van der Waals surface area (Å²) in [6.45, 7) is 12.8. The summed E-state index contributed by atoms with van der Waals surface area (Å²) in [6.07, 6.45) is 11.2. The van der Waals surface area contributed by atoms with Gasteiger partial charge in [-0.25, -0.2) is 0 Å². The van der Waals surface area contributed by atoms with E-state index in [0.717, 1.165) is 25.2 Å². The van der Waals surface area contributed by atoms with Gasteiger partial charge in [0.15, 0.2) is 0 Å². The lowest BCUT2D eigenvalue weighted by Crippen LogP contribution is -2.24. The highest BCUT2D eigenvalue weighted by Gasteiger charge is 2.08. The van der Waals surface area contributed by atoms with E-state index < -0.39 is 0 Å². The molecular formula is C14H17N2. The first-order valence-corrected chi connectivity index (χ1v) is 5.26. The largest absolute Gasteiger partial charge is 0.362 e. The summed E-state index contributed by atoms with van der Waals surface area (Å²) < 4.78 is 0. The van der Waals surface area contributed by atoms with Crippen molar-refractivity contribution in [3.05, 3.63) is 62.0 Å². The monoisotopic (exact) mass is 213 g/mol. The van der Waals surface area contributed by atoms with Gasteiger partial charge in [-0.15, -0.1) is 19.7 Å². The number of anilines is 1. The van der Waals surface area contributed by atoms with Gasteiger partial charge in [-0.3, -0.25) is 4.98 Å². The summed E-state index contributed by atoms with van der Waals surface area (Å²) in [5.74, 6) is 0. The van der Waals surface area contributed by atoms with Gasteiger partial charge in [0.25, 0.3) is 0 Å². The van der Waals surface area contributed by atoms with Crippen molar-refractivity contribution in [3.8, 4) is 0 Å². The average Bonchev–Trinajstić information content (AvgIpc) is 2.30. The van der Waals surface area contributed by atoms with Gasteiger partial charge < -0.3 is 4.90 Å². The van der Waals surface area contributed by atoms with Crippen LogP contribution in [0, 0.1) is 6.20 Å². The molecule has 0 aliphatic rings. The van der Waals surface area contributed by atoms with Gasteiger partial charge in [-0.05, 0) is 18.1 Å². The number of hydrogen-bond acceptors (Lipinski definition) is 2. The van der Waals surface area contributed by atoms with E-state index in [4.69, 9.17) is 0 Å². The SMILES string of the molecule is C=CCc1ccn[c]c1N(CC=C)CC=C. The van der Waals surface area contributed by atoms with Gasteiger partial charge in [-0.2, -0.15) is 0 Å². The predicted octanol–water partition coefficient (Wildman–Crippen LogP) is 2.79. The summed E-state index contributed by atoms with van der Waals surface area (Å²) >= 11 is 0. The van der Waals surface area contributed by atoms with Crippen molar-refractivity contribution in [1.29, 1.82) is 0 Å². The van der Waals surface area contributed by atoms with E-state index in [9.17, 15) is 0 Å². The van der Waals surface area contributed by atoms with Crippen molar-refractivity contribution in [2.24, 2.45) is 0 Å². The van der Waals surface area contributed by atoms with E-state index >= 15 is 0 Å². The van der Waals surface area contributed by atoms with Crippen LogP contribution in [0.1, 0.15) is 5.56 Å².